The van der Waals surface area contributed by atoms with Crippen LogP contribution in [0.15, 0.2) is 35.6 Å². The van der Waals surface area contributed by atoms with E-state index in [9.17, 15) is 0 Å². The number of rotatable bonds is 1. The van der Waals surface area contributed by atoms with Crippen molar-refractivity contribution in [2.24, 2.45) is 4.99 Å². The highest BCUT2D eigenvalue weighted by atomic mass is 16.7. The van der Waals surface area contributed by atoms with Gasteiger partial charge in [0.05, 0.1) is 11.1 Å². The largest absolute Gasteiger partial charge is 0.454 e. The number of hydrogen-bond donors (Lipinski definition) is 1. The van der Waals surface area contributed by atoms with Crippen molar-refractivity contribution < 1.29 is 9.47 Å². The Morgan fingerprint density at radius 2 is 2.05 bits per heavy atom. The highest BCUT2D eigenvalue weighted by Gasteiger charge is 2.12. The molecule has 0 aliphatic carbocycles. The van der Waals surface area contributed by atoms with Crippen LogP contribution < -0.4 is 9.47 Å². The van der Waals surface area contributed by atoms with E-state index in [1.807, 2.05) is 24.3 Å². The number of hydrogen-bond acceptors (Lipinski definition) is 5. The van der Waals surface area contributed by atoms with E-state index >= 15 is 0 Å². The second-order valence-corrected chi connectivity index (χ2v) is 4.62. The summed E-state index contributed by atoms with van der Waals surface area (Å²) in [7, 11) is 0. The number of nitrogens with one attached hydrogen (secondary N) is 1. The van der Waals surface area contributed by atoms with Gasteiger partial charge < -0.3 is 14.5 Å². The predicted octanol–water partition coefficient (Wildman–Crippen LogP) is 2.42. The van der Waals surface area contributed by atoms with Crippen LogP contribution in [0.2, 0.25) is 0 Å². The van der Waals surface area contributed by atoms with Crippen LogP contribution in [0.4, 0.5) is 5.82 Å². The SMILES string of the molecule is C=Nc1ncnc2[nH]c(C#Cc3ccc4c(c3)OCO4)cc12. The summed E-state index contributed by atoms with van der Waals surface area (Å²) < 4.78 is 10.6. The third-order valence-corrected chi connectivity index (χ3v) is 3.27. The fourth-order valence-electron chi connectivity index (χ4n) is 2.23. The summed E-state index contributed by atoms with van der Waals surface area (Å²) in [5.74, 6) is 8.14. The van der Waals surface area contributed by atoms with Crippen LogP contribution in [0, 0.1) is 11.8 Å². The third-order valence-electron chi connectivity index (χ3n) is 3.27. The fraction of sp³-hybridized carbons (Fsp3) is 0.0625. The number of fused-ring (bicyclic) bond motifs is 2. The second kappa shape index (κ2) is 4.90. The van der Waals surface area contributed by atoms with E-state index in [-0.39, 0.29) is 6.79 Å². The van der Waals surface area contributed by atoms with Gasteiger partial charge in [0, 0.05) is 5.56 Å². The van der Waals surface area contributed by atoms with Crippen molar-refractivity contribution in [3.8, 4) is 23.3 Å². The zero-order valence-electron chi connectivity index (χ0n) is 11.5. The average Bonchev–Trinajstić information content (AvgIpc) is 3.17. The molecule has 0 amide bonds. The predicted molar refractivity (Wildman–Crippen MR) is 81.6 cm³/mol. The van der Waals surface area contributed by atoms with E-state index < -0.39 is 0 Å². The molecule has 0 atom stereocenters. The molecule has 22 heavy (non-hydrogen) atoms. The molecule has 0 unspecified atom stereocenters. The summed E-state index contributed by atoms with van der Waals surface area (Å²) in [6.07, 6.45) is 1.44. The number of nitrogens with zero attached hydrogens (tertiary/aromatic N) is 3. The number of aromatic nitrogens is 3. The molecule has 1 aromatic carbocycles. The molecule has 1 N–H and O–H groups in total. The van der Waals surface area contributed by atoms with Gasteiger partial charge in [-0.2, -0.15) is 0 Å². The Balaban J connectivity index is 1.71. The molecule has 0 saturated carbocycles. The van der Waals surface area contributed by atoms with E-state index in [4.69, 9.17) is 9.47 Å². The molecule has 6 nitrogen and oxygen atoms in total. The fourth-order valence-corrected chi connectivity index (χ4v) is 2.23. The van der Waals surface area contributed by atoms with Crippen LogP contribution >= 0.6 is 0 Å². The van der Waals surface area contributed by atoms with E-state index in [2.05, 4.69) is 38.5 Å². The topological polar surface area (TPSA) is 72.4 Å². The molecule has 1 aliphatic heterocycles. The van der Waals surface area contributed by atoms with Crippen LogP contribution in [0.1, 0.15) is 11.3 Å². The van der Waals surface area contributed by atoms with Gasteiger partial charge in [-0.1, -0.05) is 5.92 Å². The van der Waals surface area contributed by atoms with E-state index in [1.54, 1.807) is 0 Å². The van der Waals surface area contributed by atoms with E-state index in [0.717, 1.165) is 22.4 Å². The first-order chi connectivity index (χ1) is 10.8. The number of aromatic amines is 1. The molecule has 4 rings (SSSR count). The highest BCUT2D eigenvalue weighted by molar-refractivity contribution is 5.87. The van der Waals surface area contributed by atoms with Crippen molar-refractivity contribution in [2.75, 3.05) is 6.79 Å². The van der Waals surface area contributed by atoms with Gasteiger partial charge in [0.2, 0.25) is 6.79 Å². The van der Waals surface area contributed by atoms with Gasteiger partial charge in [0.1, 0.15) is 12.0 Å². The Labute approximate surface area is 125 Å². The molecule has 0 radical (unpaired) electrons. The Morgan fingerprint density at radius 3 is 2.95 bits per heavy atom. The number of H-pyrrole nitrogens is 1. The smallest absolute Gasteiger partial charge is 0.231 e. The summed E-state index contributed by atoms with van der Waals surface area (Å²) in [4.78, 5) is 15.2. The van der Waals surface area contributed by atoms with Crippen LogP contribution in [0.25, 0.3) is 11.0 Å². The standard InChI is InChI=1S/C16H10N4O2/c1-17-15-12-7-11(20-16(12)19-8-18-15)4-2-10-3-5-13-14(6-10)22-9-21-13/h3,5-8H,1,9H2,(H,18,19,20). The molecule has 6 heteroatoms. The number of benzene rings is 1. The molecule has 3 heterocycles. The van der Waals surface area contributed by atoms with Crippen LogP contribution in [0.5, 0.6) is 11.5 Å². The second-order valence-electron chi connectivity index (χ2n) is 4.62. The highest BCUT2D eigenvalue weighted by Crippen LogP contribution is 2.32. The molecule has 0 bridgehead atoms. The summed E-state index contributed by atoms with van der Waals surface area (Å²) >= 11 is 0. The van der Waals surface area contributed by atoms with E-state index in [0.29, 0.717) is 17.2 Å². The first kappa shape index (κ1) is 12.4. The lowest BCUT2D eigenvalue weighted by molar-refractivity contribution is 0.174. The summed E-state index contributed by atoms with van der Waals surface area (Å²) in [6.45, 7) is 3.76. The summed E-state index contributed by atoms with van der Waals surface area (Å²) in [6, 6.07) is 7.45. The maximum Gasteiger partial charge on any atom is 0.231 e. The van der Waals surface area contributed by atoms with Crippen molar-refractivity contribution in [3.63, 3.8) is 0 Å². The Kier molecular flexibility index (Phi) is 2.76. The van der Waals surface area contributed by atoms with Crippen LogP contribution in [0.3, 0.4) is 0 Å². The van der Waals surface area contributed by atoms with Gasteiger partial charge in [-0.25, -0.2) is 15.0 Å². The lowest BCUT2D eigenvalue weighted by atomic mass is 10.2. The van der Waals surface area contributed by atoms with Crippen molar-refractivity contribution in [2.45, 2.75) is 0 Å². The minimum atomic E-state index is 0.254. The van der Waals surface area contributed by atoms with Gasteiger partial charge in [-0.3, -0.25) is 0 Å². The van der Waals surface area contributed by atoms with Gasteiger partial charge >= 0.3 is 0 Å². The van der Waals surface area contributed by atoms with Crippen LogP contribution in [-0.4, -0.2) is 28.5 Å². The summed E-state index contributed by atoms with van der Waals surface area (Å²) in [5, 5.41) is 0.799. The minimum absolute atomic E-state index is 0.254. The van der Waals surface area contributed by atoms with Crippen molar-refractivity contribution in [1.29, 1.82) is 0 Å². The first-order valence-electron chi connectivity index (χ1n) is 6.55. The molecular formula is C16H10N4O2. The van der Waals surface area contributed by atoms with Crippen molar-refractivity contribution in [1.82, 2.24) is 15.0 Å². The molecule has 2 aromatic heterocycles. The first-order valence-corrected chi connectivity index (χ1v) is 6.55. The Bertz CT molecular complexity index is 950. The minimum Gasteiger partial charge on any atom is -0.454 e. The quantitative estimate of drug-likeness (QED) is 0.552. The molecule has 0 saturated heterocycles. The van der Waals surface area contributed by atoms with Gasteiger partial charge in [0.15, 0.2) is 17.3 Å². The molecular weight excluding hydrogens is 280 g/mol. The summed E-state index contributed by atoms with van der Waals surface area (Å²) in [5.41, 5.74) is 2.27. The van der Waals surface area contributed by atoms with Gasteiger partial charge in [-0.05, 0) is 36.9 Å². The maximum absolute atomic E-state index is 5.33. The van der Waals surface area contributed by atoms with Gasteiger partial charge in [0.25, 0.3) is 0 Å². The van der Waals surface area contributed by atoms with E-state index in [1.165, 1.54) is 6.33 Å². The lowest BCUT2D eigenvalue weighted by Crippen LogP contribution is -1.92. The number of ether oxygens (including phenoxy) is 2. The van der Waals surface area contributed by atoms with Gasteiger partial charge in [-0.15, -0.1) is 0 Å². The third kappa shape index (κ3) is 2.05. The average molecular weight is 290 g/mol. The molecule has 3 aromatic rings. The van der Waals surface area contributed by atoms with Crippen LogP contribution in [-0.2, 0) is 0 Å². The van der Waals surface area contributed by atoms with Crippen molar-refractivity contribution >= 4 is 23.6 Å². The maximum atomic E-state index is 5.33. The zero-order chi connectivity index (χ0) is 14.9. The molecule has 0 spiro atoms. The number of aliphatic imine (C=N–C) groups is 1. The molecule has 1 aliphatic rings. The normalized spacial score (nSPS) is 12.0. The zero-order valence-corrected chi connectivity index (χ0v) is 11.5. The van der Waals surface area contributed by atoms with Crippen molar-refractivity contribution in [3.05, 3.63) is 41.9 Å². The monoisotopic (exact) mass is 290 g/mol. The Hall–Kier alpha value is -3.33. The lowest BCUT2D eigenvalue weighted by Gasteiger charge is -1.95. The molecule has 106 valence electrons. The Morgan fingerprint density at radius 1 is 1.14 bits per heavy atom. The molecule has 0 fully saturated rings.